The number of rotatable bonds is 2. The fourth-order valence-corrected chi connectivity index (χ4v) is 2.62. The highest BCUT2D eigenvalue weighted by atomic mass is 32.1. The summed E-state index contributed by atoms with van der Waals surface area (Å²) in [6.07, 6.45) is 2.36. The fourth-order valence-electron chi connectivity index (χ4n) is 2.51. The highest BCUT2D eigenvalue weighted by Crippen LogP contribution is 2.25. The van der Waals surface area contributed by atoms with Crippen LogP contribution >= 0.6 is 12.2 Å². The minimum Gasteiger partial charge on any atom is -0.388 e. The third-order valence-electron chi connectivity index (χ3n) is 3.49. The third kappa shape index (κ3) is 2.77. The van der Waals surface area contributed by atoms with E-state index < -0.39 is 0 Å². The van der Waals surface area contributed by atoms with E-state index in [1.807, 2.05) is 13.0 Å². The first kappa shape index (κ1) is 13.2. The van der Waals surface area contributed by atoms with Crippen LogP contribution in [0.2, 0.25) is 0 Å². The number of nitrogens with two attached hydrogens (primary N) is 1. The molecule has 0 aromatic carbocycles. The molecule has 0 spiro atoms. The molecule has 18 heavy (non-hydrogen) atoms. The molecule has 1 fully saturated rings. The highest BCUT2D eigenvalue weighted by Gasteiger charge is 2.25. The summed E-state index contributed by atoms with van der Waals surface area (Å²) >= 11 is 5.00. The van der Waals surface area contributed by atoms with Crippen molar-refractivity contribution >= 4 is 23.2 Å². The molecule has 98 valence electrons. The Kier molecular flexibility index (Phi) is 3.80. The molecule has 2 N–H and O–H groups in total. The van der Waals surface area contributed by atoms with Gasteiger partial charge in [0.1, 0.15) is 10.7 Å². The van der Waals surface area contributed by atoms with Crippen LogP contribution in [0.5, 0.6) is 0 Å². The molecule has 0 radical (unpaired) electrons. The molecule has 1 aromatic heterocycles. The Bertz CT molecular complexity index is 460. The van der Waals surface area contributed by atoms with Crippen LogP contribution in [0.1, 0.15) is 38.1 Å². The first-order valence-corrected chi connectivity index (χ1v) is 6.80. The van der Waals surface area contributed by atoms with Crippen LogP contribution in [0.25, 0.3) is 0 Å². The first-order chi connectivity index (χ1) is 8.47. The van der Waals surface area contributed by atoms with Gasteiger partial charge in [-0.2, -0.15) is 0 Å². The Morgan fingerprint density at radius 1 is 1.44 bits per heavy atom. The van der Waals surface area contributed by atoms with Crippen molar-refractivity contribution in [2.45, 2.75) is 39.7 Å². The molecule has 2 rings (SSSR count). The van der Waals surface area contributed by atoms with E-state index in [0.29, 0.717) is 16.7 Å². The molecule has 2 heterocycles. The number of anilines is 1. The monoisotopic (exact) mass is 264 g/mol. The largest absolute Gasteiger partial charge is 0.388 e. The Hall–Kier alpha value is -1.23. The summed E-state index contributed by atoms with van der Waals surface area (Å²) in [7, 11) is 0. The topological polar surface area (TPSA) is 55.0 Å². The van der Waals surface area contributed by atoms with E-state index in [1.54, 1.807) is 0 Å². The van der Waals surface area contributed by atoms with Crippen molar-refractivity contribution in [2.24, 2.45) is 11.7 Å². The van der Waals surface area contributed by atoms with E-state index >= 15 is 0 Å². The molecular formula is C13H20N4S. The molecule has 0 aliphatic carbocycles. The lowest BCUT2D eigenvalue weighted by atomic mass is 9.94. The summed E-state index contributed by atoms with van der Waals surface area (Å²) < 4.78 is 0. The summed E-state index contributed by atoms with van der Waals surface area (Å²) in [5.74, 6) is 1.54. The van der Waals surface area contributed by atoms with Gasteiger partial charge in [0.2, 0.25) is 5.95 Å². The van der Waals surface area contributed by atoms with Gasteiger partial charge in [-0.25, -0.2) is 9.97 Å². The molecule has 1 aromatic rings. The Balaban J connectivity index is 2.30. The van der Waals surface area contributed by atoms with E-state index in [0.717, 1.165) is 24.1 Å². The SMILES string of the molecule is Cc1cc(C(N)=S)nc(N2CCC(C)CC2C)n1. The molecule has 4 nitrogen and oxygen atoms in total. The van der Waals surface area contributed by atoms with Gasteiger partial charge < -0.3 is 10.6 Å². The highest BCUT2D eigenvalue weighted by molar-refractivity contribution is 7.80. The van der Waals surface area contributed by atoms with E-state index in [9.17, 15) is 0 Å². The van der Waals surface area contributed by atoms with E-state index in [-0.39, 0.29) is 0 Å². The lowest BCUT2D eigenvalue weighted by Crippen LogP contribution is -2.41. The molecule has 1 aliphatic heterocycles. The van der Waals surface area contributed by atoms with Gasteiger partial charge in [0.25, 0.3) is 0 Å². The quantitative estimate of drug-likeness (QED) is 0.829. The lowest BCUT2D eigenvalue weighted by Gasteiger charge is -2.36. The summed E-state index contributed by atoms with van der Waals surface area (Å²) in [6.45, 7) is 7.47. The summed E-state index contributed by atoms with van der Waals surface area (Å²) in [5, 5.41) is 0. The van der Waals surface area contributed by atoms with Crippen molar-refractivity contribution in [3.05, 3.63) is 17.5 Å². The van der Waals surface area contributed by atoms with Crippen LogP contribution in [0, 0.1) is 12.8 Å². The van der Waals surface area contributed by atoms with Crippen molar-refractivity contribution in [1.29, 1.82) is 0 Å². The maximum atomic E-state index is 5.66. The number of piperidine rings is 1. The van der Waals surface area contributed by atoms with E-state index in [1.165, 1.54) is 12.8 Å². The van der Waals surface area contributed by atoms with Crippen molar-refractivity contribution in [1.82, 2.24) is 9.97 Å². The molecule has 2 unspecified atom stereocenters. The average Bonchev–Trinajstić information content (AvgIpc) is 2.27. The van der Waals surface area contributed by atoms with Crippen LogP contribution < -0.4 is 10.6 Å². The molecule has 5 heteroatoms. The molecule has 1 aliphatic rings. The number of nitrogens with zero attached hydrogens (tertiary/aromatic N) is 3. The third-order valence-corrected chi connectivity index (χ3v) is 3.70. The smallest absolute Gasteiger partial charge is 0.226 e. The Morgan fingerprint density at radius 2 is 2.17 bits per heavy atom. The number of thiocarbonyl (C=S) groups is 1. The van der Waals surface area contributed by atoms with Gasteiger partial charge in [-0.3, -0.25) is 0 Å². The fraction of sp³-hybridized carbons (Fsp3) is 0.615. The number of hydrogen-bond acceptors (Lipinski definition) is 4. The van der Waals surface area contributed by atoms with E-state index in [4.69, 9.17) is 18.0 Å². The summed E-state index contributed by atoms with van der Waals surface area (Å²) in [4.78, 5) is 11.6. The van der Waals surface area contributed by atoms with Crippen LogP contribution in [0.15, 0.2) is 6.07 Å². The van der Waals surface area contributed by atoms with Gasteiger partial charge >= 0.3 is 0 Å². The Morgan fingerprint density at radius 3 is 2.78 bits per heavy atom. The first-order valence-electron chi connectivity index (χ1n) is 6.39. The molecule has 0 bridgehead atoms. The van der Waals surface area contributed by atoms with Gasteiger partial charge in [0, 0.05) is 18.3 Å². The molecule has 2 atom stereocenters. The average molecular weight is 264 g/mol. The van der Waals surface area contributed by atoms with Crippen molar-refractivity contribution in [2.75, 3.05) is 11.4 Å². The molecule has 1 saturated heterocycles. The van der Waals surface area contributed by atoms with Gasteiger partial charge in [0.15, 0.2) is 0 Å². The van der Waals surface area contributed by atoms with Crippen LogP contribution in [0.4, 0.5) is 5.95 Å². The van der Waals surface area contributed by atoms with Crippen LogP contribution in [0.3, 0.4) is 0 Å². The van der Waals surface area contributed by atoms with Crippen LogP contribution in [-0.2, 0) is 0 Å². The predicted octanol–water partition coefficient (Wildman–Crippen LogP) is 2.04. The molecular weight excluding hydrogens is 244 g/mol. The zero-order valence-electron chi connectivity index (χ0n) is 11.2. The summed E-state index contributed by atoms with van der Waals surface area (Å²) in [5.41, 5.74) is 7.24. The minimum atomic E-state index is 0.333. The standard InChI is InChI=1S/C13H20N4S/c1-8-4-5-17(10(3)6-8)13-15-9(2)7-11(16-13)12(14)18/h7-8,10H,4-6H2,1-3H3,(H2,14,18). The zero-order chi connectivity index (χ0) is 13.3. The maximum Gasteiger partial charge on any atom is 0.226 e. The van der Waals surface area contributed by atoms with Gasteiger partial charge in [-0.05, 0) is 38.7 Å². The lowest BCUT2D eigenvalue weighted by molar-refractivity contribution is 0.373. The van der Waals surface area contributed by atoms with Gasteiger partial charge in [-0.1, -0.05) is 19.1 Å². The maximum absolute atomic E-state index is 5.66. The number of hydrogen-bond donors (Lipinski definition) is 1. The van der Waals surface area contributed by atoms with E-state index in [2.05, 4.69) is 28.7 Å². The minimum absolute atomic E-state index is 0.333. The second-order valence-electron chi connectivity index (χ2n) is 5.23. The second-order valence-corrected chi connectivity index (χ2v) is 5.67. The summed E-state index contributed by atoms with van der Waals surface area (Å²) in [6, 6.07) is 2.30. The normalized spacial score (nSPS) is 24.1. The van der Waals surface area contributed by atoms with Crippen LogP contribution in [-0.4, -0.2) is 27.5 Å². The Labute approximate surface area is 114 Å². The van der Waals surface area contributed by atoms with Gasteiger partial charge in [-0.15, -0.1) is 0 Å². The number of aryl methyl sites for hydroxylation is 1. The zero-order valence-corrected chi connectivity index (χ0v) is 12.0. The predicted molar refractivity (Wildman–Crippen MR) is 77.9 cm³/mol. The molecule has 0 amide bonds. The molecule has 0 saturated carbocycles. The van der Waals surface area contributed by atoms with Gasteiger partial charge in [0.05, 0.1) is 0 Å². The van der Waals surface area contributed by atoms with Crippen molar-refractivity contribution in [3.63, 3.8) is 0 Å². The number of aromatic nitrogens is 2. The van der Waals surface area contributed by atoms with Crippen molar-refractivity contribution < 1.29 is 0 Å². The second kappa shape index (κ2) is 5.18. The van der Waals surface area contributed by atoms with Crippen molar-refractivity contribution in [3.8, 4) is 0 Å².